The molecule has 1 atom stereocenters. The van der Waals surface area contributed by atoms with Crippen LogP contribution in [-0.2, 0) is 6.42 Å². The molecule has 2 nitrogen and oxygen atoms in total. The first-order chi connectivity index (χ1) is 10.0. The third-order valence-electron chi connectivity index (χ3n) is 3.70. The minimum Gasteiger partial charge on any atom is -0.377 e. The summed E-state index contributed by atoms with van der Waals surface area (Å²) >= 11 is 3.55. The number of anilines is 2. The average molecular weight is 347 g/mol. The van der Waals surface area contributed by atoms with E-state index in [1.165, 1.54) is 16.8 Å². The highest BCUT2D eigenvalue weighted by Crippen LogP contribution is 2.31. The summed E-state index contributed by atoms with van der Waals surface area (Å²) in [5, 5.41) is 3.61. The molecule has 2 aromatic rings. The highest BCUT2D eigenvalue weighted by molar-refractivity contribution is 9.10. The van der Waals surface area contributed by atoms with Gasteiger partial charge in [0.15, 0.2) is 0 Å². The molecule has 0 aliphatic rings. The topological polar surface area (TPSA) is 15.3 Å². The first-order valence-electron chi connectivity index (χ1n) is 7.33. The van der Waals surface area contributed by atoms with Crippen molar-refractivity contribution in [3.63, 3.8) is 0 Å². The van der Waals surface area contributed by atoms with E-state index in [0.29, 0.717) is 0 Å². The highest BCUT2D eigenvalue weighted by atomic mass is 79.9. The third kappa shape index (κ3) is 4.01. The monoisotopic (exact) mass is 346 g/mol. The summed E-state index contributed by atoms with van der Waals surface area (Å²) < 4.78 is 1.09. The molecule has 0 amide bonds. The Morgan fingerprint density at radius 2 is 1.76 bits per heavy atom. The van der Waals surface area contributed by atoms with Crippen molar-refractivity contribution in [3.8, 4) is 0 Å². The minimum absolute atomic E-state index is 0.268. The zero-order valence-corrected chi connectivity index (χ0v) is 14.7. The van der Waals surface area contributed by atoms with E-state index in [1.807, 2.05) is 0 Å². The number of halogens is 1. The van der Waals surface area contributed by atoms with Crippen molar-refractivity contribution < 1.29 is 0 Å². The molecule has 1 N–H and O–H groups in total. The van der Waals surface area contributed by atoms with E-state index in [1.54, 1.807) is 0 Å². The minimum atomic E-state index is 0.268. The molecule has 0 bridgehead atoms. The Bertz CT molecular complexity index is 591. The summed E-state index contributed by atoms with van der Waals surface area (Å²) in [7, 11) is 4.13. The lowest BCUT2D eigenvalue weighted by molar-refractivity contribution is 0.880. The number of aryl methyl sites for hydroxylation is 1. The second-order valence-electron chi connectivity index (χ2n) is 5.52. The fourth-order valence-corrected chi connectivity index (χ4v) is 2.73. The van der Waals surface area contributed by atoms with Gasteiger partial charge in [-0.25, -0.2) is 0 Å². The van der Waals surface area contributed by atoms with Gasteiger partial charge < -0.3 is 10.2 Å². The molecule has 0 spiro atoms. The standard InChI is InChI=1S/C18H23BrN2/c1-5-14-6-8-15(9-7-14)13(2)20-17-12-16(19)10-11-18(17)21(3)4/h6-13,20H,5H2,1-4H3. The largest absolute Gasteiger partial charge is 0.377 e. The molecule has 2 rings (SSSR count). The fraction of sp³-hybridized carbons (Fsp3) is 0.333. The maximum atomic E-state index is 3.61. The lowest BCUT2D eigenvalue weighted by Gasteiger charge is -2.22. The zero-order valence-electron chi connectivity index (χ0n) is 13.2. The van der Waals surface area contributed by atoms with Gasteiger partial charge in [-0.15, -0.1) is 0 Å². The highest BCUT2D eigenvalue weighted by Gasteiger charge is 2.10. The second-order valence-corrected chi connectivity index (χ2v) is 6.43. The molecule has 0 fully saturated rings. The molecule has 2 aromatic carbocycles. The van der Waals surface area contributed by atoms with Crippen molar-refractivity contribution in [3.05, 3.63) is 58.1 Å². The molecule has 0 aliphatic heterocycles. The Hall–Kier alpha value is -1.48. The van der Waals surface area contributed by atoms with Crippen LogP contribution >= 0.6 is 15.9 Å². The van der Waals surface area contributed by atoms with Crippen LogP contribution in [-0.4, -0.2) is 14.1 Å². The molecule has 0 aromatic heterocycles. The summed E-state index contributed by atoms with van der Waals surface area (Å²) in [4.78, 5) is 2.13. The first kappa shape index (κ1) is 15.9. The van der Waals surface area contributed by atoms with E-state index in [-0.39, 0.29) is 6.04 Å². The molecule has 0 aliphatic carbocycles. The van der Waals surface area contributed by atoms with E-state index < -0.39 is 0 Å². The van der Waals surface area contributed by atoms with E-state index in [0.717, 1.165) is 16.6 Å². The van der Waals surface area contributed by atoms with Gasteiger partial charge in [0.1, 0.15) is 0 Å². The quantitative estimate of drug-likeness (QED) is 0.795. The lowest BCUT2D eigenvalue weighted by Crippen LogP contribution is -2.14. The van der Waals surface area contributed by atoms with Crippen LogP contribution in [0.4, 0.5) is 11.4 Å². The van der Waals surface area contributed by atoms with Crippen molar-refractivity contribution in [1.29, 1.82) is 0 Å². The maximum Gasteiger partial charge on any atom is 0.0597 e. The molecule has 1 unspecified atom stereocenters. The Labute approximate surface area is 136 Å². The van der Waals surface area contributed by atoms with Gasteiger partial charge in [0.05, 0.1) is 11.4 Å². The summed E-state index contributed by atoms with van der Waals surface area (Å²) in [6.07, 6.45) is 1.08. The van der Waals surface area contributed by atoms with Crippen molar-refractivity contribution in [2.75, 3.05) is 24.3 Å². The molecule has 0 saturated carbocycles. The smallest absolute Gasteiger partial charge is 0.0597 e. The normalized spacial score (nSPS) is 12.0. The van der Waals surface area contributed by atoms with Crippen molar-refractivity contribution in [1.82, 2.24) is 0 Å². The van der Waals surface area contributed by atoms with E-state index in [2.05, 4.69) is 96.6 Å². The first-order valence-corrected chi connectivity index (χ1v) is 8.12. The van der Waals surface area contributed by atoms with Crippen LogP contribution in [0.2, 0.25) is 0 Å². The van der Waals surface area contributed by atoms with Crippen LogP contribution in [0, 0.1) is 0 Å². The fourth-order valence-electron chi connectivity index (χ4n) is 2.37. The third-order valence-corrected chi connectivity index (χ3v) is 4.19. The zero-order chi connectivity index (χ0) is 15.4. The number of nitrogens with zero attached hydrogens (tertiary/aromatic N) is 1. The predicted molar refractivity (Wildman–Crippen MR) is 96.3 cm³/mol. The number of hydrogen-bond donors (Lipinski definition) is 1. The van der Waals surface area contributed by atoms with Gasteiger partial charge in [-0.3, -0.25) is 0 Å². The van der Waals surface area contributed by atoms with Crippen molar-refractivity contribution >= 4 is 27.3 Å². The summed E-state index contributed by atoms with van der Waals surface area (Å²) in [5.41, 5.74) is 5.01. The number of benzene rings is 2. The molecular formula is C18H23BrN2. The van der Waals surface area contributed by atoms with Crippen LogP contribution in [0.5, 0.6) is 0 Å². The number of rotatable bonds is 5. The molecule has 112 valence electrons. The van der Waals surface area contributed by atoms with Crippen LogP contribution < -0.4 is 10.2 Å². The van der Waals surface area contributed by atoms with E-state index in [9.17, 15) is 0 Å². The van der Waals surface area contributed by atoms with Gasteiger partial charge >= 0.3 is 0 Å². The van der Waals surface area contributed by atoms with Crippen molar-refractivity contribution in [2.45, 2.75) is 26.3 Å². The summed E-state index contributed by atoms with van der Waals surface area (Å²) in [6.45, 7) is 4.38. The van der Waals surface area contributed by atoms with Gasteiger partial charge in [-0.2, -0.15) is 0 Å². The molecule has 21 heavy (non-hydrogen) atoms. The Morgan fingerprint density at radius 1 is 1.10 bits per heavy atom. The van der Waals surface area contributed by atoms with E-state index in [4.69, 9.17) is 0 Å². The Balaban J connectivity index is 2.21. The van der Waals surface area contributed by atoms with Gasteiger partial charge in [-0.05, 0) is 42.7 Å². The predicted octanol–water partition coefficient (Wildman–Crippen LogP) is 5.25. The average Bonchev–Trinajstić information content (AvgIpc) is 2.47. The summed E-state index contributed by atoms with van der Waals surface area (Å²) in [6, 6.07) is 15.4. The molecule has 3 heteroatoms. The van der Waals surface area contributed by atoms with Crippen molar-refractivity contribution in [2.24, 2.45) is 0 Å². The van der Waals surface area contributed by atoms with Gasteiger partial charge in [0, 0.05) is 24.6 Å². The second kappa shape index (κ2) is 6.99. The summed E-state index contributed by atoms with van der Waals surface area (Å²) in [5.74, 6) is 0. The lowest BCUT2D eigenvalue weighted by atomic mass is 10.0. The number of hydrogen-bond acceptors (Lipinski definition) is 2. The molecule has 0 saturated heterocycles. The van der Waals surface area contributed by atoms with E-state index >= 15 is 0 Å². The Kier molecular flexibility index (Phi) is 5.29. The van der Waals surface area contributed by atoms with Gasteiger partial charge in [-0.1, -0.05) is 47.1 Å². The van der Waals surface area contributed by atoms with Crippen LogP contribution in [0.25, 0.3) is 0 Å². The van der Waals surface area contributed by atoms with Crippen LogP contribution in [0.1, 0.15) is 31.0 Å². The Morgan fingerprint density at radius 3 is 2.33 bits per heavy atom. The van der Waals surface area contributed by atoms with Crippen LogP contribution in [0.3, 0.4) is 0 Å². The molecular weight excluding hydrogens is 324 g/mol. The maximum absolute atomic E-state index is 3.61. The van der Waals surface area contributed by atoms with Gasteiger partial charge in [0.2, 0.25) is 0 Å². The number of nitrogens with one attached hydrogen (secondary N) is 1. The SMILES string of the molecule is CCc1ccc(C(C)Nc2cc(Br)ccc2N(C)C)cc1. The molecule has 0 heterocycles. The van der Waals surface area contributed by atoms with Gasteiger partial charge in [0.25, 0.3) is 0 Å². The van der Waals surface area contributed by atoms with Crippen LogP contribution in [0.15, 0.2) is 46.9 Å². The molecule has 0 radical (unpaired) electrons.